The van der Waals surface area contributed by atoms with Crippen LogP contribution in [0, 0.1) is 0 Å². The van der Waals surface area contributed by atoms with Crippen LogP contribution in [0.2, 0.25) is 0 Å². The molecule has 5 nitrogen and oxygen atoms in total. The van der Waals surface area contributed by atoms with Gasteiger partial charge in [0.15, 0.2) is 0 Å². The molecule has 0 atom stereocenters. The summed E-state index contributed by atoms with van der Waals surface area (Å²) >= 11 is 0. The summed E-state index contributed by atoms with van der Waals surface area (Å²) in [7, 11) is 0. The molecular formula is C57H66N4O. The molecule has 2 aromatic heterocycles. The van der Waals surface area contributed by atoms with E-state index in [2.05, 4.69) is 239 Å². The van der Waals surface area contributed by atoms with E-state index in [1.807, 2.05) is 6.20 Å². The minimum atomic E-state index is -0.294. The van der Waals surface area contributed by atoms with Crippen molar-refractivity contribution in [2.45, 2.75) is 124 Å². The Morgan fingerprint density at radius 1 is 0.468 bits per heavy atom. The Labute approximate surface area is 371 Å². The molecule has 1 aliphatic rings. The van der Waals surface area contributed by atoms with Crippen LogP contribution in [0.3, 0.4) is 0 Å². The van der Waals surface area contributed by atoms with Crippen LogP contribution in [-0.2, 0) is 27.1 Å². The van der Waals surface area contributed by atoms with Gasteiger partial charge in [-0.1, -0.05) is 152 Å². The third kappa shape index (κ3) is 8.27. The molecule has 1 aliphatic heterocycles. The fraction of sp³-hybridized carbons (Fsp3) is 0.351. The first-order valence-electron chi connectivity index (χ1n) is 22.3. The van der Waals surface area contributed by atoms with Gasteiger partial charge in [-0.3, -0.25) is 4.57 Å². The Hall–Kier alpha value is -5.81. The van der Waals surface area contributed by atoms with Gasteiger partial charge in [0.1, 0.15) is 17.3 Å². The number of benzene rings is 5. The molecular weight excluding hydrogens is 757 g/mol. The van der Waals surface area contributed by atoms with Crippen molar-refractivity contribution in [3.8, 4) is 17.3 Å². The molecule has 7 aromatic rings. The van der Waals surface area contributed by atoms with Crippen LogP contribution in [0.1, 0.15) is 130 Å². The van der Waals surface area contributed by atoms with Crippen molar-refractivity contribution in [1.82, 2.24) is 9.55 Å². The summed E-state index contributed by atoms with van der Waals surface area (Å²) in [6.07, 6.45) is 6.37. The summed E-state index contributed by atoms with van der Waals surface area (Å²) in [5.41, 5.74) is 11.7. The monoisotopic (exact) mass is 823 g/mol. The average Bonchev–Trinajstić information content (AvgIpc) is 3.83. The smallest absolute Gasteiger partial charge is 0.137 e. The van der Waals surface area contributed by atoms with Crippen molar-refractivity contribution >= 4 is 33.2 Å². The summed E-state index contributed by atoms with van der Waals surface area (Å²) in [6, 6.07) is 42.3. The van der Waals surface area contributed by atoms with Gasteiger partial charge >= 0.3 is 0 Å². The maximum absolute atomic E-state index is 7.18. The van der Waals surface area contributed by atoms with E-state index in [1.165, 1.54) is 49.8 Å². The van der Waals surface area contributed by atoms with Gasteiger partial charge < -0.3 is 14.5 Å². The van der Waals surface area contributed by atoms with Gasteiger partial charge in [0, 0.05) is 58.3 Å². The predicted octanol–water partition coefficient (Wildman–Crippen LogP) is 15.2. The molecule has 0 saturated carbocycles. The molecule has 0 fully saturated rings. The number of pyridine rings is 1. The highest BCUT2D eigenvalue weighted by Crippen LogP contribution is 2.44. The van der Waals surface area contributed by atoms with E-state index in [0.717, 1.165) is 34.0 Å². The lowest BCUT2D eigenvalue weighted by atomic mass is 9.78. The van der Waals surface area contributed by atoms with Gasteiger partial charge in [-0.15, -0.1) is 0 Å². The second-order valence-corrected chi connectivity index (χ2v) is 22.1. The number of anilines is 2. The number of fused-ring (bicyclic) bond motifs is 3. The standard InChI is InChI=1S/C57H66N4O/c1-53(2,3)39-24-25-58-51(33-39)61-49-23-19-18-22-47(49)52-48(56(10,11)12)35-46(36-50(52)61)62-45-32-42(57(13,14)38-20-16-15-17-21-38)31-44(34-45)60-27-26-59(37-60)43-29-40(54(4,5)6)28-41(30-43)55(7,8)9/h15-36H,37H2,1-14H3. The maximum Gasteiger partial charge on any atom is 0.137 e. The predicted molar refractivity (Wildman–Crippen MR) is 264 cm³/mol. The molecule has 0 saturated heterocycles. The van der Waals surface area contributed by atoms with E-state index in [9.17, 15) is 0 Å². The van der Waals surface area contributed by atoms with Crippen LogP contribution >= 0.6 is 0 Å². The largest absolute Gasteiger partial charge is 0.457 e. The summed E-state index contributed by atoms with van der Waals surface area (Å²) in [5, 5.41) is 2.44. The normalized spacial score (nSPS) is 14.1. The highest BCUT2D eigenvalue weighted by atomic mass is 16.5. The van der Waals surface area contributed by atoms with Gasteiger partial charge in [0.25, 0.3) is 0 Å². The molecule has 0 spiro atoms. The fourth-order valence-electron chi connectivity index (χ4n) is 8.70. The molecule has 8 rings (SSSR count). The molecule has 5 aromatic carbocycles. The third-order valence-electron chi connectivity index (χ3n) is 12.8. The molecule has 3 heterocycles. The van der Waals surface area contributed by atoms with Crippen LogP contribution in [0.5, 0.6) is 11.5 Å². The van der Waals surface area contributed by atoms with Gasteiger partial charge in [-0.2, -0.15) is 0 Å². The Kier molecular flexibility index (Phi) is 10.5. The zero-order chi connectivity index (χ0) is 44.6. The Balaban J connectivity index is 1.26. The van der Waals surface area contributed by atoms with Gasteiger partial charge in [-0.05, 0) is 104 Å². The fourth-order valence-corrected chi connectivity index (χ4v) is 8.70. The van der Waals surface area contributed by atoms with Crippen molar-refractivity contribution in [2.75, 3.05) is 16.5 Å². The molecule has 0 radical (unpaired) electrons. The van der Waals surface area contributed by atoms with Crippen molar-refractivity contribution in [1.29, 1.82) is 0 Å². The van der Waals surface area contributed by atoms with Gasteiger partial charge in [0.05, 0.1) is 17.7 Å². The first-order valence-corrected chi connectivity index (χ1v) is 22.3. The van der Waals surface area contributed by atoms with Crippen LogP contribution < -0.4 is 14.5 Å². The second-order valence-electron chi connectivity index (χ2n) is 22.1. The molecule has 0 bridgehead atoms. The van der Waals surface area contributed by atoms with Crippen LogP contribution in [0.4, 0.5) is 11.4 Å². The highest BCUT2D eigenvalue weighted by molar-refractivity contribution is 6.11. The average molecular weight is 823 g/mol. The zero-order valence-electron chi connectivity index (χ0n) is 39.6. The number of aromatic nitrogens is 2. The van der Waals surface area contributed by atoms with Crippen molar-refractivity contribution < 1.29 is 4.74 Å². The van der Waals surface area contributed by atoms with E-state index in [0.29, 0.717) is 6.67 Å². The minimum absolute atomic E-state index is 0.0229. The van der Waals surface area contributed by atoms with Crippen molar-refractivity contribution in [3.05, 3.63) is 167 Å². The molecule has 0 unspecified atom stereocenters. The van der Waals surface area contributed by atoms with E-state index in [1.54, 1.807) is 0 Å². The lowest BCUT2D eigenvalue weighted by molar-refractivity contribution is 0.477. The lowest BCUT2D eigenvalue weighted by Gasteiger charge is -2.30. The van der Waals surface area contributed by atoms with Crippen LogP contribution in [0.15, 0.2) is 134 Å². The Bertz CT molecular complexity index is 2780. The van der Waals surface area contributed by atoms with Gasteiger partial charge in [-0.25, -0.2) is 4.98 Å². The third-order valence-corrected chi connectivity index (χ3v) is 12.8. The molecule has 5 heteroatoms. The molecule has 0 amide bonds. The maximum atomic E-state index is 7.18. The number of nitrogens with zero attached hydrogens (tertiary/aromatic N) is 4. The molecule has 0 aliphatic carbocycles. The molecule has 62 heavy (non-hydrogen) atoms. The first kappa shape index (κ1) is 42.9. The topological polar surface area (TPSA) is 33.5 Å². The Morgan fingerprint density at radius 3 is 1.65 bits per heavy atom. The summed E-state index contributed by atoms with van der Waals surface area (Å²) in [4.78, 5) is 9.70. The summed E-state index contributed by atoms with van der Waals surface area (Å²) < 4.78 is 9.50. The second kappa shape index (κ2) is 15.2. The number of para-hydroxylation sites is 1. The van der Waals surface area contributed by atoms with Crippen LogP contribution in [-0.4, -0.2) is 16.2 Å². The first-order chi connectivity index (χ1) is 29.0. The number of hydrogen-bond donors (Lipinski definition) is 0. The number of rotatable bonds is 7. The van der Waals surface area contributed by atoms with Gasteiger partial charge in [0.2, 0.25) is 0 Å². The molecule has 320 valence electrons. The van der Waals surface area contributed by atoms with E-state index in [-0.39, 0.29) is 27.1 Å². The van der Waals surface area contributed by atoms with Crippen molar-refractivity contribution in [3.63, 3.8) is 0 Å². The van der Waals surface area contributed by atoms with E-state index in [4.69, 9.17) is 9.72 Å². The number of hydrogen-bond acceptors (Lipinski definition) is 4. The molecule has 0 N–H and O–H groups in total. The Morgan fingerprint density at radius 2 is 1.03 bits per heavy atom. The lowest BCUT2D eigenvalue weighted by Crippen LogP contribution is -2.26. The van der Waals surface area contributed by atoms with Crippen molar-refractivity contribution in [2.24, 2.45) is 0 Å². The highest BCUT2D eigenvalue weighted by Gasteiger charge is 2.29. The van der Waals surface area contributed by atoms with Crippen LogP contribution in [0.25, 0.3) is 27.6 Å². The SMILES string of the molecule is CC(C)(C)c1cc(N2C=CN(c3cc(Oc4cc(C(C)(C)C)c5c6ccccc6n(-c6cc(C(C)(C)C)ccn6)c5c4)cc(C(C)(C)c4ccccc4)c3)C2)cc(C(C)(C)C)c1. The zero-order valence-corrected chi connectivity index (χ0v) is 39.6. The number of ether oxygens (including phenoxy) is 1. The quantitative estimate of drug-likeness (QED) is 0.160. The van der Waals surface area contributed by atoms with E-state index >= 15 is 0 Å². The summed E-state index contributed by atoms with van der Waals surface area (Å²) in [5.74, 6) is 2.50. The van der Waals surface area contributed by atoms with E-state index < -0.39 is 0 Å². The minimum Gasteiger partial charge on any atom is -0.457 e. The summed E-state index contributed by atoms with van der Waals surface area (Å²) in [6.45, 7) is 32.8.